The Morgan fingerprint density at radius 1 is 1.62 bits per heavy atom. The van der Waals surface area contributed by atoms with Gasteiger partial charge in [-0.2, -0.15) is 0 Å². The minimum atomic E-state index is -0.401. The van der Waals surface area contributed by atoms with E-state index in [1.54, 1.807) is 0 Å². The number of hydrogen-bond acceptors (Lipinski definition) is 3. The standard InChI is InChI=1S/C9H11FN2O/c10-6-4-7(9(13)12-5-6)8-2-1-3-11-8/h4-5,8,11H,1-3H2,(H,12,13)/t8-/m1/s1. The molecule has 0 saturated carbocycles. The molecule has 1 aliphatic rings. The number of nitrogens with zero attached hydrogens (tertiary/aromatic N) is 1. The molecule has 13 heavy (non-hydrogen) atoms. The molecule has 0 aromatic carbocycles. The summed E-state index contributed by atoms with van der Waals surface area (Å²) in [5.41, 5.74) is 0.567. The van der Waals surface area contributed by atoms with E-state index in [0.717, 1.165) is 25.6 Å². The van der Waals surface area contributed by atoms with E-state index in [9.17, 15) is 9.50 Å². The maximum Gasteiger partial charge on any atom is 0.215 e. The molecule has 2 heterocycles. The van der Waals surface area contributed by atoms with E-state index in [0.29, 0.717) is 5.56 Å². The van der Waals surface area contributed by atoms with Gasteiger partial charge in [-0.05, 0) is 25.5 Å². The fraction of sp³-hybridized carbons (Fsp3) is 0.444. The van der Waals surface area contributed by atoms with Crippen LogP contribution in [0.5, 0.6) is 5.88 Å². The average Bonchev–Trinajstić information content (AvgIpc) is 2.61. The van der Waals surface area contributed by atoms with E-state index >= 15 is 0 Å². The second kappa shape index (κ2) is 3.30. The summed E-state index contributed by atoms with van der Waals surface area (Å²) in [7, 11) is 0. The van der Waals surface area contributed by atoms with Gasteiger partial charge in [0.25, 0.3) is 0 Å². The van der Waals surface area contributed by atoms with Gasteiger partial charge in [0.05, 0.1) is 6.20 Å². The molecule has 0 aliphatic carbocycles. The molecule has 0 radical (unpaired) electrons. The van der Waals surface area contributed by atoms with Crippen LogP contribution in [-0.2, 0) is 0 Å². The lowest BCUT2D eigenvalue weighted by Gasteiger charge is -2.10. The van der Waals surface area contributed by atoms with Crippen molar-refractivity contribution < 1.29 is 9.50 Å². The van der Waals surface area contributed by atoms with Crippen molar-refractivity contribution in [3.8, 4) is 5.88 Å². The van der Waals surface area contributed by atoms with Crippen molar-refractivity contribution in [3.05, 3.63) is 23.6 Å². The molecule has 0 unspecified atom stereocenters. The van der Waals surface area contributed by atoms with Crippen molar-refractivity contribution in [1.29, 1.82) is 0 Å². The second-order valence-electron chi connectivity index (χ2n) is 3.22. The van der Waals surface area contributed by atoms with Crippen LogP contribution in [0.4, 0.5) is 4.39 Å². The summed E-state index contributed by atoms with van der Waals surface area (Å²) in [6.07, 6.45) is 3.01. The molecule has 1 aromatic heterocycles. The maximum atomic E-state index is 12.8. The highest BCUT2D eigenvalue weighted by molar-refractivity contribution is 5.28. The van der Waals surface area contributed by atoms with E-state index in [1.165, 1.54) is 6.07 Å². The van der Waals surface area contributed by atoms with Crippen molar-refractivity contribution in [1.82, 2.24) is 10.3 Å². The molecular weight excluding hydrogens is 171 g/mol. The highest BCUT2D eigenvalue weighted by atomic mass is 19.1. The van der Waals surface area contributed by atoms with Gasteiger partial charge in [0.1, 0.15) is 5.82 Å². The average molecular weight is 182 g/mol. The van der Waals surface area contributed by atoms with Crippen molar-refractivity contribution in [3.63, 3.8) is 0 Å². The monoisotopic (exact) mass is 182 g/mol. The Morgan fingerprint density at radius 3 is 3.15 bits per heavy atom. The quantitative estimate of drug-likeness (QED) is 0.689. The molecule has 3 nitrogen and oxygen atoms in total. The van der Waals surface area contributed by atoms with Crippen molar-refractivity contribution in [2.45, 2.75) is 18.9 Å². The Balaban J connectivity index is 2.32. The fourth-order valence-electron chi connectivity index (χ4n) is 1.65. The van der Waals surface area contributed by atoms with Crippen LogP contribution >= 0.6 is 0 Å². The van der Waals surface area contributed by atoms with E-state index in [4.69, 9.17) is 0 Å². The van der Waals surface area contributed by atoms with Crippen LogP contribution in [0.3, 0.4) is 0 Å². The first kappa shape index (κ1) is 8.44. The lowest BCUT2D eigenvalue weighted by atomic mass is 10.1. The number of rotatable bonds is 1. The zero-order chi connectivity index (χ0) is 9.26. The SMILES string of the molecule is Oc1ncc(F)cc1[C@H]1CCCN1. The van der Waals surface area contributed by atoms with Crippen LogP contribution in [0.15, 0.2) is 12.3 Å². The Hall–Kier alpha value is -1.16. The molecule has 1 aliphatic heterocycles. The second-order valence-corrected chi connectivity index (χ2v) is 3.22. The third-order valence-electron chi connectivity index (χ3n) is 2.30. The lowest BCUT2D eigenvalue weighted by Crippen LogP contribution is -2.13. The van der Waals surface area contributed by atoms with Crippen LogP contribution in [0, 0.1) is 5.82 Å². The van der Waals surface area contributed by atoms with Gasteiger partial charge in [-0.15, -0.1) is 0 Å². The number of aromatic nitrogens is 1. The maximum absolute atomic E-state index is 12.8. The molecule has 70 valence electrons. The minimum Gasteiger partial charge on any atom is -0.493 e. The van der Waals surface area contributed by atoms with Crippen LogP contribution in [0.2, 0.25) is 0 Å². The molecule has 0 spiro atoms. The molecule has 1 aromatic rings. The molecule has 1 atom stereocenters. The summed E-state index contributed by atoms with van der Waals surface area (Å²) in [5.74, 6) is -0.470. The van der Waals surface area contributed by atoms with Crippen LogP contribution in [0.25, 0.3) is 0 Å². The number of hydrogen-bond donors (Lipinski definition) is 2. The summed E-state index contributed by atoms with van der Waals surface area (Å²) in [6.45, 7) is 0.917. The first-order valence-electron chi connectivity index (χ1n) is 4.35. The summed E-state index contributed by atoms with van der Waals surface area (Å²) < 4.78 is 12.8. The van der Waals surface area contributed by atoms with Crippen LogP contribution in [0.1, 0.15) is 24.4 Å². The predicted molar refractivity (Wildman–Crippen MR) is 45.8 cm³/mol. The largest absolute Gasteiger partial charge is 0.493 e. The summed E-state index contributed by atoms with van der Waals surface area (Å²) >= 11 is 0. The highest BCUT2D eigenvalue weighted by Gasteiger charge is 2.20. The van der Waals surface area contributed by atoms with Crippen molar-refractivity contribution in [2.75, 3.05) is 6.54 Å². The number of pyridine rings is 1. The first-order chi connectivity index (χ1) is 6.27. The van der Waals surface area contributed by atoms with Gasteiger partial charge in [-0.3, -0.25) is 0 Å². The third-order valence-corrected chi connectivity index (χ3v) is 2.30. The Morgan fingerprint density at radius 2 is 2.46 bits per heavy atom. The third kappa shape index (κ3) is 1.62. The molecule has 2 N–H and O–H groups in total. The first-order valence-corrected chi connectivity index (χ1v) is 4.35. The van der Waals surface area contributed by atoms with Gasteiger partial charge in [0.2, 0.25) is 5.88 Å². The Kier molecular flexibility index (Phi) is 2.14. The normalized spacial score (nSPS) is 22.1. The molecule has 2 rings (SSSR count). The Labute approximate surface area is 75.6 Å². The topological polar surface area (TPSA) is 45.2 Å². The molecule has 1 saturated heterocycles. The zero-order valence-electron chi connectivity index (χ0n) is 7.13. The smallest absolute Gasteiger partial charge is 0.215 e. The molecular formula is C9H11FN2O. The lowest BCUT2D eigenvalue weighted by molar-refractivity contribution is 0.431. The summed E-state index contributed by atoms with van der Waals surface area (Å²) in [6, 6.07) is 1.40. The number of nitrogens with one attached hydrogen (secondary N) is 1. The summed E-state index contributed by atoms with van der Waals surface area (Å²) in [4.78, 5) is 3.56. The highest BCUT2D eigenvalue weighted by Crippen LogP contribution is 2.28. The van der Waals surface area contributed by atoms with Crippen molar-refractivity contribution >= 4 is 0 Å². The Bertz CT molecular complexity index is 310. The predicted octanol–water partition coefficient (Wildman–Crippen LogP) is 1.35. The van der Waals surface area contributed by atoms with E-state index in [2.05, 4.69) is 10.3 Å². The number of halogens is 1. The van der Waals surface area contributed by atoms with Gasteiger partial charge < -0.3 is 10.4 Å². The van der Waals surface area contributed by atoms with Crippen molar-refractivity contribution in [2.24, 2.45) is 0 Å². The van der Waals surface area contributed by atoms with Gasteiger partial charge in [-0.25, -0.2) is 9.37 Å². The fourth-order valence-corrected chi connectivity index (χ4v) is 1.65. The summed E-state index contributed by atoms with van der Waals surface area (Å²) in [5, 5.41) is 12.6. The van der Waals surface area contributed by atoms with E-state index in [-0.39, 0.29) is 11.9 Å². The van der Waals surface area contributed by atoms with Gasteiger partial charge in [-0.1, -0.05) is 0 Å². The van der Waals surface area contributed by atoms with Gasteiger partial charge in [0.15, 0.2) is 0 Å². The molecule has 1 fully saturated rings. The molecule has 0 bridgehead atoms. The van der Waals surface area contributed by atoms with E-state index in [1.807, 2.05) is 0 Å². The van der Waals surface area contributed by atoms with Crippen LogP contribution in [-0.4, -0.2) is 16.6 Å². The van der Waals surface area contributed by atoms with E-state index < -0.39 is 5.82 Å². The van der Waals surface area contributed by atoms with Crippen LogP contribution < -0.4 is 5.32 Å². The van der Waals surface area contributed by atoms with Gasteiger partial charge >= 0.3 is 0 Å². The number of aromatic hydroxyl groups is 1. The van der Waals surface area contributed by atoms with Gasteiger partial charge in [0, 0.05) is 11.6 Å². The zero-order valence-corrected chi connectivity index (χ0v) is 7.13. The molecule has 4 heteroatoms. The minimum absolute atomic E-state index is 0.0585. The molecule has 0 amide bonds.